The van der Waals surface area contributed by atoms with Crippen molar-refractivity contribution in [1.29, 1.82) is 0 Å². The molecule has 6 heteroatoms. The van der Waals surface area contributed by atoms with Gasteiger partial charge in [0.25, 0.3) is 0 Å². The van der Waals surface area contributed by atoms with Crippen molar-refractivity contribution in [1.82, 2.24) is 5.32 Å². The predicted molar refractivity (Wildman–Crippen MR) is 100 cm³/mol. The van der Waals surface area contributed by atoms with Crippen LogP contribution in [0.1, 0.15) is 48.5 Å². The lowest BCUT2D eigenvalue weighted by Crippen LogP contribution is -2.46. The zero-order valence-electron chi connectivity index (χ0n) is 16.7. The van der Waals surface area contributed by atoms with Crippen molar-refractivity contribution in [2.45, 2.75) is 72.3 Å². The van der Waals surface area contributed by atoms with Gasteiger partial charge in [0.2, 0.25) is 0 Å². The Bertz CT molecular complexity index is 580. The summed E-state index contributed by atoms with van der Waals surface area (Å²) in [6, 6.07) is 8.54. The third-order valence-corrected chi connectivity index (χ3v) is 3.52. The largest absolute Gasteiger partial charge is 0.487 e. The third-order valence-electron chi connectivity index (χ3n) is 3.52. The molecule has 1 rings (SSSR count). The average molecular weight is 365 g/mol. The second kappa shape index (κ2) is 9.46. The topological polar surface area (TPSA) is 73.9 Å². The fraction of sp³-hybridized carbons (Fsp3) is 0.600. The van der Waals surface area contributed by atoms with Gasteiger partial charge in [-0.2, -0.15) is 0 Å². The Kier molecular flexibility index (Phi) is 7.93. The molecule has 1 amide bonds. The number of amides is 1. The summed E-state index contributed by atoms with van der Waals surface area (Å²) < 4.78 is 16.6. The molecule has 26 heavy (non-hydrogen) atoms. The van der Waals surface area contributed by atoms with Gasteiger partial charge in [-0.15, -0.1) is 0 Å². The summed E-state index contributed by atoms with van der Waals surface area (Å²) in [7, 11) is 0. The highest BCUT2D eigenvalue weighted by Gasteiger charge is 2.30. The Labute approximate surface area is 156 Å². The van der Waals surface area contributed by atoms with Gasteiger partial charge in [0, 0.05) is 0 Å². The molecule has 1 aromatic carbocycles. The first-order chi connectivity index (χ1) is 12.0. The molecule has 0 aliphatic rings. The van der Waals surface area contributed by atoms with Crippen LogP contribution in [0, 0.1) is 5.92 Å². The Balaban J connectivity index is 2.65. The molecule has 1 aromatic rings. The van der Waals surface area contributed by atoms with E-state index in [9.17, 15) is 9.59 Å². The first kappa shape index (κ1) is 21.8. The van der Waals surface area contributed by atoms with Crippen molar-refractivity contribution < 1.29 is 23.8 Å². The van der Waals surface area contributed by atoms with Gasteiger partial charge >= 0.3 is 12.1 Å². The number of hydrogen-bond acceptors (Lipinski definition) is 5. The highest BCUT2D eigenvalue weighted by molar-refractivity contribution is 5.81. The fourth-order valence-corrected chi connectivity index (χ4v) is 2.33. The molecular formula is C20H31NO5. The van der Waals surface area contributed by atoms with Crippen molar-refractivity contribution >= 4 is 12.1 Å². The Morgan fingerprint density at radius 3 is 2.08 bits per heavy atom. The van der Waals surface area contributed by atoms with Crippen LogP contribution in [0.15, 0.2) is 30.3 Å². The van der Waals surface area contributed by atoms with Gasteiger partial charge in [-0.25, -0.2) is 9.59 Å². The second-order valence-corrected chi connectivity index (χ2v) is 7.65. The first-order valence-corrected chi connectivity index (χ1v) is 8.91. The average Bonchev–Trinajstić information content (AvgIpc) is 2.50. The monoisotopic (exact) mass is 365 g/mol. The van der Waals surface area contributed by atoms with Gasteiger partial charge in [0.05, 0.1) is 0 Å². The molecule has 0 saturated heterocycles. The number of rotatable bonds is 7. The molecule has 0 unspecified atom stereocenters. The van der Waals surface area contributed by atoms with Gasteiger partial charge in [0.1, 0.15) is 29.6 Å². The lowest BCUT2D eigenvalue weighted by atomic mass is 10.0. The summed E-state index contributed by atoms with van der Waals surface area (Å²) in [6.07, 6.45) is -1.45. The quantitative estimate of drug-likeness (QED) is 0.741. The number of carbonyl (C=O) groups is 2. The Hall–Kier alpha value is -2.24. The molecule has 1 N–H and O–H groups in total. The second-order valence-electron chi connectivity index (χ2n) is 7.65. The number of para-hydroxylation sites is 1. The molecule has 0 aliphatic heterocycles. The van der Waals surface area contributed by atoms with Crippen LogP contribution >= 0.6 is 0 Å². The number of benzene rings is 1. The minimum atomic E-state index is -0.824. The molecule has 3 atom stereocenters. The highest BCUT2D eigenvalue weighted by Crippen LogP contribution is 2.19. The van der Waals surface area contributed by atoms with E-state index in [1.165, 1.54) is 0 Å². The molecule has 146 valence electrons. The SMILES string of the molecule is CC(C)[C@@H](OC(=O)[C@H](C)NC(=O)OC(C)(C)C)[C@H](C)Oc1ccccc1. The molecule has 0 aromatic heterocycles. The fourth-order valence-electron chi connectivity index (χ4n) is 2.33. The maximum Gasteiger partial charge on any atom is 0.408 e. The van der Waals surface area contributed by atoms with E-state index in [1.54, 1.807) is 27.7 Å². The minimum Gasteiger partial charge on any atom is -0.487 e. The van der Waals surface area contributed by atoms with Crippen LogP contribution in [0.2, 0.25) is 0 Å². The van der Waals surface area contributed by atoms with Crippen molar-refractivity contribution in [3.05, 3.63) is 30.3 Å². The number of alkyl carbamates (subject to hydrolysis) is 1. The molecule has 0 radical (unpaired) electrons. The van der Waals surface area contributed by atoms with Crippen LogP contribution in [0.5, 0.6) is 5.75 Å². The Morgan fingerprint density at radius 2 is 1.58 bits per heavy atom. The van der Waals surface area contributed by atoms with E-state index in [-0.39, 0.29) is 12.0 Å². The van der Waals surface area contributed by atoms with Crippen molar-refractivity contribution in [3.8, 4) is 5.75 Å². The van der Waals surface area contributed by atoms with Gasteiger partial charge in [-0.1, -0.05) is 32.0 Å². The van der Waals surface area contributed by atoms with Crippen LogP contribution < -0.4 is 10.1 Å². The van der Waals surface area contributed by atoms with Gasteiger partial charge < -0.3 is 19.5 Å². The molecule has 0 bridgehead atoms. The van der Waals surface area contributed by atoms with E-state index in [0.717, 1.165) is 0 Å². The van der Waals surface area contributed by atoms with E-state index >= 15 is 0 Å². The van der Waals surface area contributed by atoms with Crippen molar-refractivity contribution in [2.75, 3.05) is 0 Å². The zero-order chi connectivity index (χ0) is 19.9. The molecule has 0 saturated carbocycles. The van der Waals surface area contributed by atoms with Crippen LogP contribution in [0.4, 0.5) is 4.79 Å². The van der Waals surface area contributed by atoms with Gasteiger partial charge in [0.15, 0.2) is 0 Å². The lowest BCUT2D eigenvalue weighted by Gasteiger charge is -2.29. The number of hydrogen-bond donors (Lipinski definition) is 1. The molecule has 0 heterocycles. The standard InChI is InChI=1S/C20H31NO5/c1-13(2)17(15(4)24-16-11-9-8-10-12-16)25-18(22)14(3)21-19(23)26-20(5,6)7/h8-15,17H,1-7H3,(H,21,23)/t14-,15-,17+/m0/s1. The molecule has 6 nitrogen and oxygen atoms in total. The lowest BCUT2D eigenvalue weighted by molar-refractivity contribution is -0.158. The summed E-state index contributed by atoms with van der Waals surface area (Å²) in [5, 5.41) is 2.49. The van der Waals surface area contributed by atoms with Crippen LogP contribution in [0.3, 0.4) is 0 Å². The molecular weight excluding hydrogens is 334 g/mol. The number of carbonyl (C=O) groups excluding carboxylic acids is 2. The normalized spacial score (nSPS) is 14.9. The maximum atomic E-state index is 12.4. The maximum absolute atomic E-state index is 12.4. The summed E-state index contributed by atoms with van der Waals surface area (Å²) in [5.74, 6) is 0.228. The third kappa shape index (κ3) is 7.76. The van der Waals surface area contributed by atoms with E-state index in [2.05, 4.69) is 5.32 Å². The van der Waals surface area contributed by atoms with Crippen LogP contribution in [-0.4, -0.2) is 35.9 Å². The summed E-state index contributed by atoms with van der Waals surface area (Å²) in [4.78, 5) is 24.2. The smallest absolute Gasteiger partial charge is 0.408 e. The van der Waals surface area contributed by atoms with Gasteiger partial charge in [-0.3, -0.25) is 0 Å². The first-order valence-electron chi connectivity index (χ1n) is 8.91. The van der Waals surface area contributed by atoms with E-state index in [4.69, 9.17) is 14.2 Å². The van der Waals surface area contributed by atoms with Gasteiger partial charge in [-0.05, 0) is 52.7 Å². The number of ether oxygens (including phenoxy) is 3. The predicted octanol–water partition coefficient (Wildman–Crippen LogP) is 3.93. The van der Waals surface area contributed by atoms with Crippen LogP contribution in [-0.2, 0) is 14.3 Å². The molecule has 0 spiro atoms. The highest BCUT2D eigenvalue weighted by atomic mass is 16.6. The van der Waals surface area contributed by atoms with Crippen molar-refractivity contribution in [2.24, 2.45) is 5.92 Å². The van der Waals surface area contributed by atoms with E-state index in [1.807, 2.05) is 51.1 Å². The molecule has 0 fully saturated rings. The molecule has 0 aliphatic carbocycles. The summed E-state index contributed by atoms with van der Waals surface area (Å²) >= 11 is 0. The van der Waals surface area contributed by atoms with Crippen LogP contribution in [0.25, 0.3) is 0 Å². The van der Waals surface area contributed by atoms with E-state index in [0.29, 0.717) is 5.75 Å². The zero-order valence-corrected chi connectivity index (χ0v) is 16.7. The summed E-state index contributed by atoms with van der Waals surface area (Å²) in [6.45, 7) is 12.6. The Morgan fingerprint density at radius 1 is 1.00 bits per heavy atom. The number of esters is 1. The number of nitrogens with one attached hydrogen (secondary N) is 1. The minimum absolute atomic E-state index is 0.0476. The van der Waals surface area contributed by atoms with E-state index < -0.39 is 29.8 Å². The summed E-state index contributed by atoms with van der Waals surface area (Å²) in [5.41, 5.74) is -0.633. The van der Waals surface area contributed by atoms with Crippen molar-refractivity contribution in [3.63, 3.8) is 0 Å².